The van der Waals surface area contributed by atoms with Crippen LogP contribution in [0, 0.1) is 5.82 Å². The highest BCUT2D eigenvalue weighted by molar-refractivity contribution is 5.78. The van der Waals surface area contributed by atoms with E-state index in [0.29, 0.717) is 12.6 Å². The summed E-state index contributed by atoms with van der Waals surface area (Å²) in [5.74, 6) is -0.140. The first-order valence-electron chi connectivity index (χ1n) is 6.98. The Labute approximate surface area is 113 Å². The molecule has 0 heterocycles. The Morgan fingerprint density at radius 2 is 1.89 bits per heavy atom. The third kappa shape index (κ3) is 4.99. The second kappa shape index (κ2) is 7.24. The van der Waals surface area contributed by atoms with Crippen molar-refractivity contribution >= 4 is 5.91 Å². The topological polar surface area (TPSA) is 41.1 Å². The van der Waals surface area contributed by atoms with Gasteiger partial charge in [0.15, 0.2) is 0 Å². The molecule has 0 spiro atoms. The van der Waals surface area contributed by atoms with Crippen molar-refractivity contribution in [3.05, 3.63) is 35.6 Å². The van der Waals surface area contributed by atoms with Gasteiger partial charge in [-0.1, -0.05) is 25.0 Å². The van der Waals surface area contributed by atoms with Crippen LogP contribution in [0.15, 0.2) is 24.3 Å². The van der Waals surface area contributed by atoms with E-state index in [-0.39, 0.29) is 11.7 Å². The molecule has 0 atom stereocenters. The molecular weight excluding hydrogens is 243 g/mol. The highest BCUT2D eigenvalue weighted by Crippen LogP contribution is 2.17. The van der Waals surface area contributed by atoms with Gasteiger partial charge < -0.3 is 10.6 Å². The molecule has 1 aliphatic rings. The van der Waals surface area contributed by atoms with Crippen LogP contribution in [-0.4, -0.2) is 25.0 Å². The van der Waals surface area contributed by atoms with E-state index >= 15 is 0 Å². The van der Waals surface area contributed by atoms with E-state index in [0.717, 1.165) is 31.4 Å². The summed E-state index contributed by atoms with van der Waals surface area (Å²) in [5, 5.41) is 6.15. The van der Waals surface area contributed by atoms with Crippen LogP contribution >= 0.6 is 0 Å². The number of hydrogen-bond acceptors (Lipinski definition) is 2. The van der Waals surface area contributed by atoms with Crippen LogP contribution in [-0.2, 0) is 11.2 Å². The Morgan fingerprint density at radius 3 is 2.58 bits per heavy atom. The average Bonchev–Trinajstić information content (AvgIpc) is 2.89. The lowest BCUT2D eigenvalue weighted by molar-refractivity contribution is -0.120. The Kier molecular flexibility index (Phi) is 5.33. The molecule has 3 nitrogen and oxygen atoms in total. The fraction of sp³-hybridized carbons (Fsp3) is 0.533. The molecule has 2 rings (SSSR count). The van der Waals surface area contributed by atoms with Gasteiger partial charge in [0.1, 0.15) is 5.82 Å². The molecule has 4 heteroatoms. The van der Waals surface area contributed by atoms with Gasteiger partial charge in [0.05, 0.1) is 6.54 Å². The molecule has 1 amide bonds. The van der Waals surface area contributed by atoms with E-state index in [1.54, 1.807) is 12.1 Å². The smallest absolute Gasteiger partial charge is 0.234 e. The summed E-state index contributed by atoms with van der Waals surface area (Å²) in [6, 6.07) is 6.85. The van der Waals surface area contributed by atoms with Crippen molar-refractivity contribution in [1.29, 1.82) is 0 Å². The van der Waals surface area contributed by atoms with Crippen LogP contribution < -0.4 is 10.6 Å². The first-order chi connectivity index (χ1) is 9.24. The number of carbonyl (C=O) groups is 1. The predicted octanol–water partition coefficient (Wildman–Crippen LogP) is 2.02. The number of halogens is 1. The maximum Gasteiger partial charge on any atom is 0.234 e. The Balaban J connectivity index is 1.58. The zero-order chi connectivity index (χ0) is 13.5. The molecule has 1 fully saturated rings. The molecule has 1 aromatic rings. The number of benzene rings is 1. The van der Waals surface area contributed by atoms with E-state index in [4.69, 9.17) is 0 Å². The SMILES string of the molecule is O=C(CNCCc1ccc(F)cc1)NC1CCCC1. The van der Waals surface area contributed by atoms with Crippen molar-refractivity contribution in [1.82, 2.24) is 10.6 Å². The van der Waals surface area contributed by atoms with E-state index in [1.165, 1.54) is 25.0 Å². The zero-order valence-corrected chi connectivity index (χ0v) is 11.1. The summed E-state index contributed by atoms with van der Waals surface area (Å²) in [6.45, 7) is 1.08. The third-order valence-corrected chi connectivity index (χ3v) is 3.51. The molecule has 1 aliphatic carbocycles. The molecule has 19 heavy (non-hydrogen) atoms. The minimum absolute atomic E-state index is 0.0750. The van der Waals surface area contributed by atoms with Gasteiger partial charge in [-0.25, -0.2) is 4.39 Å². The van der Waals surface area contributed by atoms with Crippen molar-refractivity contribution in [3.63, 3.8) is 0 Å². The summed E-state index contributed by atoms with van der Waals surface area (Å²) in [6.07, 6.45) is 5.48. The number of carbonyl (C=O) groups excluding carboxylic acids is 1. The Morgan fingerprint density at radius 1 is 1.21 bits per heavy atom. The highest BCUT2D eigenvalue weighted by atomic mass is 19.1. The molecule has 1 aromatic carbocycles. The van der Waals surface area contributed by atoms with E-state index in [9.17, 15) is 9.18 Å². The number of rotatable bonds is 6. The van der Waals surface area contributed by atoms with Crippen LogP contribution in [0.3, 0.4) is 0 Å². The van der Waals surface area contributed by atoms with E-state index in [1.807, 2.05) is 0 Å². The van der Waals surface area contributed by atoms with E-state index in [2.05, 4.69) is 10.6 Å². The number of nitrogens with one attached hydrogen (secondary N) is 2. The lowest BCUT2D eigenvalue weighted by atomic mass is 10.1. The minimum Gasteiger partial charge on any atom is -0.352 e. The van der Waals surface area contributed by atoms with Gasteiger partial charge in [0.2, 0.25) is 5.91 Å². The molecule has 1 saturated carbocycles. The maximum atomic E-state index is 12.7. The predicted molar refractivity (Wildman–Crippen MR) is 73.4 cm³/mol. The molecule has 0 aromatic heterocycles. The summed E-state index contributed by atoms with van der Waals surface area (Å²) >= 11 is 0. The van der Waals surface area contributed by atoms with Gasteiger partial charge >= 0.3 is 0 Å². The minimum atomic E-state index is -0.215. The van der Waals surface area contributed by atoms with Gasteiger partial charge in [-0.3, -0.25) is 4.79 Å². The number of hydrogen-bond donors (Lipinski definition) is 2. The Hall–Kier alpha value is -1.42. The molecule has 104 valence electrons. The molecule has 0 unspecified atom stereocenters. The summed E-state index contributed by atoms with van der Waals surface area (Å²) in [4.78, 5) is 11.6. The first kappa shape index (κ1) is 14.0. The third-order valence-electron chi connectivity index (χ3n) is 3.51. The van der Waals surface area contributed by atoms with Crippen molar-refractivity contribution in [2.75, 3.05) is 13.1 Å². The standard InChI is InChI=1S/C15H21FN2O/c16-13-7-5-12(6-8-13)9-10-17-11-15(19)18-14-3-1-2-4-14/h5-8,14,17H,1-4,9-11H2,(H,18,19). The van der Waals surface area contributed by atoms with E-state index < -0.39 is 0 Å². The summed E-state index contributed by atoms with van der Waals surface area (Å²) in [7, 11) is 0. The van der Waals surface area contributed by atoms with Crippen LogP contribution in [0.5, 0.6) is 0 Å². The fourth-order valence-corrected chi connectivity index (χ4v) is 2.43. The van der Waals surface area contributed by atoms with Gasteiger partial charge in [-0.05, 0) is 43.5 Å². The van der Waals surface area contributed by atoms with Gasteiger partial charge in [-0.15, -0.1) is 0 Å². The van der Waals surface area contributed by atoms with Gasteiger partial charge in [-0.2, -0.15) is 0 Å². The quantitative estimate of drug-likeness (QED) is 0.772. The maximum absolute atomic E-state index is 12.7. The summed E-state index contributed by atoms with van der Waals surface area (Å²) < 4.78 is 12.7. The first-order valence-corrected chi connectivity index (χ1v) is 6.98. The van der Waals surface area contributed by atoms with Gasteiger partial charge in [0, 0.05) is 6.04 Å². The largest absolute Gasteiger partial charge is 0.352 e. The van der Waals surface area contributed by atoms with Crippen molar-refractivity contribution in [3.8, 4) is 0 Å². The average molecular weight is 264 g/mol. The summed E-state index contributed by atoms with van der Waals surface area (Å²) in [5.41, 5.74) is 1.07. The molecule has 0 radical (unpaired) electrons. The fourth-order valence-electron chi connectivity index (χ4n) is 2.43. The van der Waals surface area contributed by atoms with Crippen molar-refractivity contribution < 1.29 is 9.18 Å². The van der Waals surface area contributed by atoms with Crippen LogP contribution in [0.1, 0.15) is 31.2 Å². The molecule has 0 saturated heterocycles. The normalized spacial score (nSPS) is 15.6. The number of amides is 1. The second-order valence-electron chi connectivity index (χ2n) is 5.10. The molecule has 0 aliphatic heterocycles. The lowest BCUT2D eigenvalue weighted by Gasteiger charge is -2.12. The highest BCUT2D eigenvalue weighted by Gasteiger charge is 2.16. The molecular formula is C15H21FN2O. The van der Waals surface area contributed by atoms with Gasteiger partial charge in [0.25, 0.3) is 0 Å². The van der Waals surface area contributed by atoms with Crippen LogP contribution in [0.2, 0.25) is 0 Å². The van der Waals surface area contributed by atoms with Crippen molar-refractivity contribution in [2.24, 2.45) is 0 Å². The van der Waals surface area contributed by atoms with Crippen molar-refractivity contribution in [2.45, 2.75) is 38.1 Å². The molecule has 2 N–H and O–H groups in total. The Bertz CT molecular complexity index is 399. The second-order valence-corrected chi connectivity index (χ2v) is 5.10. The van der Waals surface area contributed by atoms with Crippen LogP contribution in [0.4, 0.5) is 4.39 Å². The zero-order valence-electron chi connectivity index (χ0n) is 11.1. The lowest BCUT2D eigenvalue weighted by Crippen LogP contribution is -2.39. The molecule has 0 bridgehead atoms. The van der Waals surface area contributed by atoms with Crippen LogP contribution in [0.25, 0.3) is 0 Å². The monoisotopic (exact) mass is 264 g/mol.